The van der Waals surface area contributed by atoms with Crippen LogP contribution in [0.5, 0.6) is 0 Å². The molecule has 1 fully saturated rings. The van der Waals surface area contributed by atoms with Crippen LogP contribution in [0.2, 0.25) is 0 Å². The maximum Gasteiger partial charge on any atom is -0.0533 e. The molecule has 0 spiro atoms. The van der Waals surface area contributed by atoms with Gasteiger partial charge in [0.05, 0.1) is 0 Å². The van der Waals surface area contributed by atoms with E-state index in [1.807, 2.05) is 0 Å². The minimum atomic E-state index is 0. The van der Waals surface area contributed by atoms with Crippen molar-refractivity contribution in [1.82, 2.24) is 0 Å². The molecule has 80 valence electrons. The molecule has 13 heavy (non-hydrogen) atoms. The predicted octanol–water partition coefficient (Wildman–Crippen LogP) is 4.79. The fourth-order valence-electron chi connectivity index (χ4n) is 2.12. The molecule has 0 N–H and O–H groups in total. The van der Waals surface area contributed by atoms with E-state index in [9.17, 15) is 0 Å². The van der Waals surface area contributed by atoms with Crippen LogP contribution in [0.4, 0.5) is 0 Å². The monoisotopic (exact) mass is 202 g/mol. The molecule has 0 saturated heterocycles. The third-order valence-corrected chi connectivity index (χ3v) is 3.00. The van der Waals surface area contributed by atoms with E-state index in [0.717, 1.165) is 0 Å². The van der Waals surface area contributed by atoms with Crippen LogP contribution in [0.3, 0.4) is 0 Å². The Balaban J connectivity index is 0.00000144. The van der Waals surface area contributed by atoms with Gasteiger partial charge < -0.3 is 0 Å². The van der Waals surface area contributed by atoms with Crippen molar-refractivity contribution in [3.05, 3.63) is 0 Å². The minimum absolute atomic E-state index is 0. The Morgan fingerprint density at radius 2 is 0.308 bits per heavy atom. The lowest BCUT2D eigenvalue weighted by Gasteiger charge is -2.05. The van der Waals surface area contributed by atoms with Gasteiger partial charge >= 0.3 is 0 Å². The van der Waals surface area contributed by atoms with E-state index >= 15 is 0 Å². The highest BCUT2D eigenvalue weighted by molar-refractivity contribution is 7.59. The van der Waals surface area contributed by atoms with E-state index in [-0.39, 0.29) is 13.5 Å². The summed E-state index contributed by atoms with van der Waals surface area (Å²) in [6, 6.07) is 0. The molecule has 1 aliphatic rings. The molecule has 1 saturated carbocycles. The summed E-state index contributed by atoms with van der Waals surface area (Å²) < 4.78 is 0. The molecule has 1 rings (SSSR count). The van der Waals surface area contributed by atoms with Gasteiger partial charge in [-0.05, 0) is 0 Å². The van der Waals surface area contributed by atoms with Crippen LogP contribution in [-0.2, 0) is 0 Å². The second kappa shape index (κ2) is 10.4. The van der Waals surface area contributed by atoms with Crippen molar-refractivity contribution >= 4 is 13.5 Å². The van der Waals surface area contributed by atoms with E-state index in [2.05, 4.69) is 0 Å². The number of hydrogen-bond acceptors (Lipinski definition) is 0. The molecule has 0 atom stereocenters. The van der Waals surface area contributed by atoms with Gasteiger partial charge in [0.1, 0.15) is 0 Å². The summed E-state index contributed by atoms with van der Waals surface area (Å²) in [6.45, 7) is 0. The average Bonchev–Trinajstić information content (AvgIpc) is 2.05. The molecule has 0 radical (unpaired) electrons. The van der Waals surface area contributed by atoms with Crippen LogP contribution in [0.15, 0.2) is 0 Å². The first kappa shape index (κ1) is 13.4. The second-order valence-corrected chi connectivity index (χ2v) is 4.24. The molecule has 0 aliphatic heterocycles. The summed E-state index contributed by atoms with van der Waals surface area (Å²) in [5.74, 6) is 0. The lowest BCUT2D eigenvalue weighted by molar-refractivity contribution is 0.504. The summed E-state index contributed by atoms with van der Waals surface area (Å²) in [5.41, 5.74) is 0. The van der Waals surface area contributed by atoms with Crippen molar-refractivity contribution in [2.24, 2.45) is 0 Å². The molecular weight excluding hydrogens is 176 g/mol. The van der Waals surface area contributed by atoms with Crippen molar-refractivity contribution in [3.63, 3.8) is 0 Å². The van der Waals surface area contributed by atoms with Crippen molar-refractivity contribution in [3.8, 4) is 0 Å². The Kier molecular flexibility index (Phi) is 10.7. The minimum Gasteiger partial charge on any atom is -0.197 e. The smallest absolute Gasteiger partial charge is 0.0533 e. The van der Waals surface area contributed by atoms with Crippen molar-refractivity contribution in [2.45, 2.75) is 77.0 Å². The average molecular weight is 202 g/mol. The summed E-state index contributed by atoms with van der Waals surface area (Å²) in [4.78, 5) is 0. The van der Waals surface area contributed by atoms with Gasteiger partial charge in [0.15, 0.2) is 0 Å². The second-order valence-electron chi connectivity index (χ2n) is 4.24. The normalized spacial score (nSPS) is 22.2. The van der Waals surface area contributed by atoms with Gasteiger partial charge in [-0.1, -0.05) is 77.0 Å². The van der Waals surface area contributed by atoms with Crippen molar-refractivity contribution in [2.75, 3.05) is 0 Å². The van der Waals surface area contributed by atoms with Crippen LogP contribution < -0.4 is 0 Å². The van der Waals surface area contributed by atoms with Crippen molar-refractivity contribution in [1.29, 1.82) is 0 Å². The molecular formula is C12H26S. The summed E-state index contributed by atoms with van der Waals surface area (Å²) in [7, 11) is 0. The van der Waals surface area contributed by atoms with Crippen LogP contribution in [0.1, 0.15) is 77.0 Å². The first-order valence-corrected chi connectivity index (χ1v) is 6.00. The SMILES string of the molecule is C1CCCCCCCCCCC1.S. The van der Waals surface area contributed by atoms with Gasteiger partial charge in [-0.3, -0.25) is 0 Å². The lowest BCUT2D eigenvalue weighted by atomic mass is 10.0. The molecule has 0 aromatic rings. The van der Waals surface area contributed by atoms with E-state index in [1.165, 1.54) is 77.0 Å². The largest absolute Gasteiger partial charge is 0.197 e. The maximum absolute atomic E-state index is 1.50. The third-order valence-electron chi connectivity index (χ3n) is 3.00. The van der Waals surface area contributed by atoms with Gasteiger partial charge in [-0.25, -0.2) is 0 Å². The summed E-state index contributed by atoms with van der Waals surface area (Å²) in [6.07, 6.45) is 18.0. The zero-order valence-corrected chi connectivity index (χ0v) is 9.99. The predicted molar refractivity (Wildman–Crippen MR) is 65.8 cm³/mol. The molecule has 0 aromatic heterocycles. The molecule has 0 amide bonds. The zero-order chi connectivity index (χ0) is 8.49. The third kappa shape index (κ3) is 8.67. The van der Waals surface area contributed by atoms with Gasteiger partial charge in [0.25, 0.3) is 0 Å². The molecule has 0 nitrogen and oxygen atoms in total. The van der Waals surface area contributed by atoms with Gasteiger partial charge in [-0.15, -0.1) is 0 Å². The van der Waals surface area contributed by atoms with E-state index in [4.69, 9.17) is 0 Å². The lowest BCUT2D eigenvalue weighted by Crippen LogP contribution is -1.85. The van der Waals surface area contributed by atoms with E-state index in [0.29, 0.717) is 0 Å². The molecule has 0 bridgehead atoms. The first-order valence-electron chi connectivity index (χ1n) is 6.00. The van der Waals surface area contributed by atoms with Crippen LogP contribution >= 0.6 is 13.5 Å². The topological polar surface area (TPSA) is 0 Å². The Morgan fingerprint density at radius 3 is 0.385 bits per heavy atom. The molecule has 0 unspecified atom stereocenters. The van der Waals surface area contributed by atoms with Crippen LogP contribution in [0, 0.1) is 0 Å². The van der Waals surface area contributed by atoms with Gasteiger partial charge in [0, 0.05) is 0 Å². The van der Waals surface area contributed by atoms with E-state index in [1.54, 1.807) is 0 Å². The Hall–Kier alpha value is 0.350. The van der Waals surface area contributed by atoms with E-state index < -0.39 is 0 Å². The fourth-order valence-corrected chi connectivity index (χ4v) is 2.12. The Labute approximate surface area is 90.9 Å². The van der Waals surface area contributed by atoms with Gasteiger partial charge in [-0.2, -0.15) is 13.5 Å². The highest BCUT2D eigenvalue weighted by Crippen LogP contribution is 2.15. The Morgan fingerprint density at radius 1 is 0.231 bits per heavy atom. The van der Waals surface area contributed by atoms with Crippen LogP contribution in [-0.4, -0.2) is 0 Å². The molecule has 0 aromatic carbocycles. The van der Waals surface area contributed by atoms with Gasteiger partial charge in [0.2, 0.25) is 0 Å². The maximum atomic E-state index is 1.50. The van der Waals surface area contributed by atoms with Crippen LogP contribution in [0.25, 0.3) is 0 Å². The fraction of sp³-hybridized carbons (Fsp3) is 1.00. The molecule has 1 heteroatoms. The Bertz CT molecular complexity index is 48.1. The number of hydrogen-bond donors (Lipinski definition) is 0. The quantitative estimate of drug-likeness (QED) is 0.529. The highest BCUT2D eigenvalue weighted by atomic mass is 32.1. The highest BCUT2D eigenvalue weighted by Gasteiger charge is 1.96. The molecule has 0 heterocycles. The summed E-state index contributed by atoms with van der Waals surface area (Å²) in [5, 5.41) is 0. The standard InChI is InChI=1S/C12H24.H2S/c1-2-4-6-8-10-12-11-9-7-5-3-1;/h1-12H2;1H2. The number of rotatable bonds is 0. The summed E-state index contributed by atoms with van der Waals surface area (Å²) >= 11 is 0. The van der Waals surface area contributed by atoms with Crippen molar-refractivity contribution < 1.29 is 0 Å². The zero-order valence-electron chi connectivity index (χ0n) is 8.99. The molecule has 1 aliphatic carbocycles. The first-order chi connectivity index (χ1) is 6.00.